The molecule has 2 aliphatic rings. The third-order valence-corrected chi connectivity index (χ3v) is 6.43. The Balaban J connectivity index is 2.37. The maximum absolute atomic E-state index is 12.4. The largest absolute Gasteiger partial charge is 0.513 e. The molecule has 1 aliphatic carbocycles. The maximum atomic E-state index is 12.4. The standard InChI is InChI=1S/C26H42O6/c1-6-8-9-10-11-12-23(31-25(29)30-17-19(28)16-27)24-20-15-18(3)13-14-21(20)26(4,5)32-22(24)7-2/h12,15,19-21,27-28H,6-11,13-14,16-17H2,1-5H3/b23-12+. The Bertz CT molecular complexity index is 718. The minimum absolute atomic E-state index is 0.111. The Labute approximate surface area is 193 Å². The molecule has 0 radical (unpaired) electrons. The van der Waals surface area contributed by atoms with Crippen molar-refractivity contribution in [3.8, 4) is 0 Å². The van der Waals surface area contributed by atoms with Crippen LogP contribution in [0.4, 0.5) is 4.79 Å². The lowest BCUT2D eigenvalue weighted by molar-refractivity contribution is -0.0567. The number of fused-ring (bicyclic) bond motifs is 1. The van der Waals surface area contributed by atoms with Crippen molar-refractivity contribution in [2.75, 3.05) is 13.2 Å². The van der Waals surface area contributed by atoms with Crippen molar-refractivity contribution >= 4 is 6.16 Å². The van der Waals surface area contributed by atoms with E-state index in [1.807, 2.05) is 6.08 Å². The predicted octanol–water partition coefficient (Wildman–Crippen LogP) is 5.79. The van der Waals surface area contributed by atoms with Gasteiger partial charge >= 0.3 is 6.16 Å². The van der Waals surface area contributed by atoms with Crippen LogP contribution < -0.4 is 0 Å². The lowest BCUT2D eigenvalue weighted by Crippen LogP contribution is -2.45. The molecule has 2 N–H and O–H groups in total. The number of hydrogen-bond donors (Lipinski definition) is 2. The van der Waals surface area contributed by atoms with Gasteiger partial charge in [0.25, 0.3) is 0 Å². The molecule has 1 aliphatic heterocycles. The van der Waals surface area contributed by atoms with Crippen LogP contribution in [-0.4, -0.2) is 41.3 Å². The summed E-state index contributed by atoms with van der Waals surface area (Å²) in [7, 11) is 0. The van der Waals surface area contributed by atoms with Crippen LogP contribution in [0.5, 0.6) is 0 Å². The first-order valence-electron chi connectivity index (χ1n) is 12.2. The second-order valence-corrected chi connectivity index (χ2v) is 9.50. The van der Waals surface area contributed by atoms with Gasteiger partial charge in [-0.3, -0.25) is 0 Å². The highest BCUT2D eigenvalue weighted by Crippen LogP contribution is 2.49. The monoisotopic (exact) mass is 450 g/mol. The fourth-order valence-corrected chi connectivity index (χ4v) is 4.68. The molecule has 0 spiro atoms. The van der Waals surface area contributed by atoms with Crippen molar-refractivity contribution in [3.05, 3.63) is 34.8 Å². The number of aliphatic hydroxyl groups is 2. The summed E-state index contributed by atoms with van der Waals surface area (Å²) in [5.74, 6) is 1.75. The topological polar surface area (TPSA) is 85.2 Å². The van der Waals surface area contributed by atoms with Crippen molar-refractivity contribution in [3.63, 3.8) is 0 Å². The van der Waals surface area contributed by atoms with Gasteiger partial charge in [0.05, 0.1) is 6.61 Å². The molecule has 0 saturated carbocycles. The van der Waals surface area contributed by atoms with Crippen molar-refractivity contribution in [1.82, 2.24) is 0 Å². The van der Waals surface area contributed by atoms with E-state index in [1.165, 1.54) is 12.0 Å². The van der Waals surface area contributed by atoms with Crippen molar-refractivity contribution in [1.29, 1.82) is 0 Å². The number of aliphatic hydroxyl groups excluding tert-OH is 2. The summed E-state index contributed by atoms with van der Waals surface area (Å²) < 4.78 is 17.2. The summed E-state index contributed by atoms with van der Waals surface area (Å²) >= 11 is 0. The van der Waals surface area contributed by atoms with Crippen LogP contribution in [0.25, 0.3) is 0 Å². The molecule has 2 rings (SSSR count). The molecule has 0 fully saturated rings. The number of hydrogen-bond acceptors (Lipinski definition) is 6. The quantitative estimate of drug-likeness (QED) is 0.179. The van der Waals surface area contributed by atoms with E-state index in [0.717, 1.165) is 49.9 Å². The van der Waals surface area contributed by atoms with Gasteiger partial charge in [0.1, 0.15) is 29.8 Å². The molecule has 1 heterocycles. The first kappa shape index (κ1) is 26.5. The first-order valence-corrected chi connectivity index (χ1v) is 12.2. The molecular weight excluding hydrogens is 408 g/mol. The minimum Gasteiger partial charge on any atom is -0.491 e. The van der Waals surface area contributed by atoms with Gasteiger partial charge in [-0.25, -0.2) is 4.79 Å². The lowest BCUT2D eigenvalue weighted by Gasteiger charge is -2.47. The van der Waals surface area contributed by atoms with E-state index < -0.39 is 18.9 Å². The van der Waals surface area contributed by atoms with E-state index in [-0.39, 0.29) is 24.0 Å². The number of ether oxygens (including phenoxy) is 3. The van der Waals surface area contributed by atoms with Crippen LogP contribution in [0.15, 0.2) is 34.8 Å². The maximum Gasteiger partial charge on any atom is 0.513 e. The van der Waals surface area contributed by atoms with Crippen LogP contribution in [0.1, 0.15) is 86.0 Å². The molecule has 3 unspecified atom stereocenters. The Morgan fingerprint density at radius 2 is 2.06 bits per heavy atom. The fraction of sp³-hybridized carbons (Fsp3) is 0.731. The van der Waals surface area contributed by atoms with Crippen LogP contribution in [0.2, 0.25) is 0 Å². The highest BCUT2D eigenvalue weighted by atomic mass is 16.7. The van der Waals surface area contributed by atoms with E-state index in [9.17, 15) is 9.90 Å². The summed E-state index contributed by atoms with van der Waals surface area (Å²) in [5.41, 5.74) is 1.98. The highest BCUT2D eigenvalue weighted by molar-refractivity contribution is 5.63. The number of unbranched alkanes of at least 4 members (excludes halogenated alkanes) is 4. The zero-order valence-electron chi connectivity index (χ0n) is 20.5. The van der Waals surface area contributed by atoms with Crippen LogP contribution in [0, 0.1) is 11.8 Å². The number of rotatable bonds is 11. The average Bonchev–Trinajstić information content (AvgIpc) is 2.75. The van der Waals surface area contributed by atoms with Crippen molar-refractivity contribution < 1.29 is 29.2 Å². The molecule has 0 aromatic carbocycles. The third kappa shape index (κ3) is 7.11. The van der Waals surface area contributed by atoms with E-state index >= 15 is 0 Å². The van der Waals surface area contributed by atoms with E-state index in [2.05, 4.69) is 40.7 Å². The smallest absolute Gasteiger partial charge is 0.491 e. The number of carbonyl (C=O) groups is 1. The molecule has 0 amide bonds. The van der Waals surface area contributed by atoms with E-state index in [1.54, 1.807) is 0 Å². The highest BCUT2D eigenvalue weighted by Gasteiger charge is 2.46. The number of allylic oxidation sites excluding steroid dienone is 5. The SMILES string of the molecule is CCCCCC/C=C(/OC(=O)OCC(O)CO)C1=C(CC)OC(C)(C)C2CCC(C)=CC12. The molecule has 0 aromatic heterocycles. The van der Waals surface area contributed by atoms with E-state index in [4.69, 9.17) is 19.3 Å². The van der Waals surface area contributed by atoms with Gasteiger partial charge in [-0.15, -0.1) is 0 Å². The summed E-state index contributed by atoms with van der Waals surface area (Å²) in [6.07, 6.45) is 10.3. The zero-order chi connectivity index (χ0) is 23.7. The Hall–Kier alpha value is -1.79. The molecule has 0 aromatic rings. The van der Waals surface area contributed by atoms with Gasteiger partial charge in [-0.2, -0.15) is 0 Å². The third-order valence-electron chi connectivity index (χ3n) is 6.43. The molecule has 6 heteroatoms. The van der Waals surface area contributed by atoms with Gasteiger partial charge in [0.15, 0.2) is 0 Å². The molecule has 0 bridgehead atoms. The minimum atomic E-state index is -1.12. The molecule has 6 nitrogen and oxygen atoms in total. The van der Waals surface area contributed by atoms with Gasteiger partial charge < -0.3 is 24.4 Å². The van der Waals surface area contributed by atoms with Crippen molar-refractivity contribution in [2.45, 2.75) is 97.7 Å². The summed E-state index contributed by atoms with van der Waals surface area (Å²) in [6.45, 7) is 9.89. The van der Waals surface area contributed by atoms with Crippen LogP contribution in [-0.2, 0) is 14.2 Å². The Kier molecular flexibility index (Phi) is 10.3. The molecule has 32 heavy (non-hydrogen) atoms. The second-order valence-electron chi connectivity index (χ2n) is 9.50. The molecule has 182 valence electrons. The predicted molar refractivity (Wildman–Crippen MR) is 125 cm³/mol. The number of carbonyl (C=O) groups excluding carboxylic acids is 1. The molecule has 3 atom stereocenters. The normalized spacial score (nSPS) is 23.7. The van der Waals surface area contributed by atoms with Gasteiger partial charge in [-0.1, -0.05) is 44.8 Å². The van der Waals surface area contributed by atoms with Gasteiger partial charge in [0.2, 0.25) is 0 Å². The van der Waals surface area contributed by atoms with Crippen molar-refractivity contribution in [2.24, 2.45) is 11.8 Å². The Morgan fingerprint density at radius 3 is 2.72 bits per heavy atom. The second kappa shape index (κ2) is 12.4. The van der Waals surface area contributed by atoms with E-state index in [0.29, 0.717) is 12.2 Å². The summed E-state index contributed by atoms with van der Waals surface area (Å²) in [5, 5.41) is 18.5. The first-order chi connectivity index (χ1) is 15.2. The zero-order valence-corrected chi connectivity index (χ0v) is 20.5. The molecule has 0 saturated heterocycles. The van der Waals surface area contributed by atoms with Gasteiger partial charge in [-0.05, 0) is 52.5 Å². The summed E-state index contributed by atoms with van der Waals surface area (Å²) in [4.78, 5) is 12.4. The summed E-state index contributed by atoms with van der Waals surface area (Å²) in [6, 6.07) is 0. The van der Waals surface area contributed by atoms with Gasteiger partial charge in [0, 0.05) is 23.8 Å². The Morgan fingerprint density at radius 1 is 1.31 bits per heavy atom. The van der Waals surface area contributed by atoms with Crippen LogP contribution >= 0.6 is 0 Å². The van der Waals surface area contributed by atoms with Crippen LogP contribution in [0.3, 0.4) is 0 Å². The lowest BCUT2D eigenvalue weighted by atomic mass is 9.67. The average molecular weight is 451 g/mol. The molecular formula is C26H42O6. The fourth-order valence-electron chi connectivity index (χ4n) is 4.68.